The van der Waals surface area contributed by atoms with Gasteiger partial charge in [0, 0.05) is 11.8 Å². The molecule has 0 N–H and O–H groups in total. The van der Waals surface area contributed by atoms with Crippen LogP contribution in [0.4, 0.5) is 4.39 Å². The van der Waals surface area contributed by atoms with E-state index < -0.39 is 0 Å². The molecule has 0 saturated heterocycles. The molecule has 0 aliphatic heterocycles. The Kier molecular flexibility index (Phi) is 2.97. The fraction of sp³-hybridized carbons (Fsp3) is 0.0769. The lowest BCUT2D eigenvalue weighted by Crippen LogP contribution is -1.96. The van der Waals surface area contributed by atoms with Crippen LogP contribution in [0.1, 0.15) is 11.4 Å². The van der Waals surface area contributed by atoms with E-state index in [1.54, 1.807) is 12.1 Å². The van der Waals surface area contributed by atoms with E-state index in [4.69, 9.17) is 11.6 Å². The van der Waals surface area contributed by atoms with Gasteiger partial charge >= 0.3 is 0 Å². The maximum atomic E-state index is 12.8. The molecule has 3 rings (SSSR count). The topological polar surface area (TPSA) is 25.8 Å². The summed E-state index contributed by atoms with van der Waals surface area (Å²) in [5, 5.41) is 3.29. The quantitative estimate of drug-likeness (QED) is 0.660. The zero-order valence-electron chi connectivity index (χ0n) is 9.23. The number of rotatable bonds is 2. The van der Waals surface area contributed by atoms with Gasteiger partial charge in [-0.1, -0.05) is 23.7 Å². The minimum Gasteiger partial charge on any atom is -0.222 e. The molecule has 0 aliphatic rings. The largest absolute Gasteiger partial charge is 0.222 e. The van der Waals surface area contributed by atoms with Crippen molar-refractivity contribution >= 4 is 33.2 Å². The van der Waals surface area contributed by atoms with E-state index in [2.05, 4.69) is 9.97 Å². The van der Waals surface area contributed by atoms with Crippen LogP contribution in [0.5, 0.6) is 0 Å². The average molecular weight is 279 g/mol. The second kappa shape index (κ2) is 4.63. The van der Waals surface area contributed by atoms with Gasteiger partial charge in [0.2, 0.25) is 0 Å². The Bertz CT molecular complexity index is 694. The van der Waals surface area contributed by atoms with Gasteiger partial charge in [0.05, 0.1) is 0 Å². The van der Waals surface area contributed by atoms with E-state index in [9.17, 15) is 4.39 Å². The molecular formula is C13H8ClFN2S. The molecule has 2 nitrogen and oxygen atoms in total. The molecule has 0 spiro atoms. The standard InChI is InChI=1S/C13H8ClFN2S/c14-12-10-5-6-18-13(10)17-11(16-12)7-8-1-3-9(15)4-2-8/h1-6H,7H2. The van der Waals surface area contributed by atoms with Crippen LogP contribution in [0.15, 0.2) is 35.7 Å². The lowest BCUT2D eigenvalue weighted by Gasteiger charge is -2.02. The molecule has 3 aromatic rings. The lowest BCUT2D eigenvalue weighted by molar-refractivity contribution is 0.627. The summed E-state index contributed by atoms with van der Waals surface area (Å²) in [6.45, 7) is 0. The van der Waals surface area contributed by atoms with Crippen LogP contribution in [0, 0.1) is 5.82 Å². The Morgan fingerprint density at radius 1 is 1.11 bits per heavy atom. The van der Waals surface area contributed by atoms with Gasteiger partial charge in [-0.05, 0) is 29.1 Å². The molecule has 0 saturated carbocycles. The molecule has 0 aliphatic carbocycles. The highest BCUT2D eigenvalue weighted by Crippen LogP contribution is 2.25. The second-order valence-electron chi connectivity index (χ2n) is 3.87. The average Bonchev–Trinajstić information content (AvgIpc) is 2.81. The molecule has 2 aromatic heterocycles. The zero-order chi connectivity index (χ0) is 12.5. The van der Waals surface area contributed by atoms with Crippen molar-refractivity contribution in [2.24, 2.45) is 0 Å². The number of fused-ring (bicyclic) bond motifs is 1. The van der Waals surface area contributed by atoms with Crippen molar-refractivity contribution in [3.63, 3.8) is 0 Å². The third kappa shape index (κ3) is 2.21. The molecule has 5 heteroatoms. The van der Waals surface area contributed by atoms with Gasteiger partial charge in [0.15, 0.2) is 0 Å². The predicted molar refractivity (Wildman–Crippen MR) is 71.6 cm³/mol. The van der Waals surface area contributed by atoms with Crippen LogP contribution in [-0.4, -0.2) is 9.97 Å². The first kappa shape index (κ1) is 11.6. The van der Waals surface area contributed by atoms with Crippen LogP contribution in [-0.2, 0) is 6.42 Å². The summed E-state index contributed by atoms with van der Waals surface area (Å²) in [5.41, 5.74) is 0.961. The van der Waals surface area contributed by atoms with Gasteiger partial charge in [0.25, 0.3) is 0 Å². The number of thiophene rings is 1. The van der Waals surface area contributed by atoms with Crippen molar-refractivity contribution in [3.8, 4) is 0 Å². The molecule has 2 heterocycles. The first-order valence-corrected chi connectivity index (χ1v) is 6.62. The van der Waals surface area contributed by atoms with Crippen molar-refractivity contribution in [2.75, 3.05) is 0 Å². The summed E-state index contributed by atoms with van der Waals surface area (Å²) in [6, 6.07) is 8.22. The second-order valence-corrected chi connectivity index (χ2v) is 5.13. The van der Waals surface area contributed by atoms with Crippen LogP contribution in [0.3, 0.4) is 0 Å². The normalized spacial score (nSPS) is 11.0. The van der Waals surface area contributed by atoms with E-state index >= 15 is 0 Å². The Balaban J connectivity index is 1.97. The molecule has 0 bridgehead atoms. The highest BCUT2D eigenvalue weighted by atomic mass is 35.5. The highest BCUT2D eigenvalue weighted by Gasteiger charge is 2.07. The summed E-state index contributed by atoms with van der Waals surface area (Å²) in [6.07, 6.45) is 0.549. The SMILES string of the molecule is Fc1ccc(Cc2nc(Cl)c3ccsc3n2)cc1. The van der Waals surface area contributed by atoms with E-state index in [1.807, 2.05) is 11.4 Å². The zero-order valence-corrected chi connectivity index (χ0v) is 10.8. The number of hydrogen-bond acceptors (Lipinski definition) is 3. The molecule has 0 amide bonds. The van der Waals surface area contributed by atoms with Crippen molar-refractivity contribution in [3.05, 3.63) is 58.1 Å². The van der Waals surface area contributed by atoms with Crippen molar-refractivity contribution in [1.29, 1.82) is 0 Å². The summed E-state index contributed by atoms with van der Waals surface area (Å²) in [7, 11) is 0. The monoisotopic (exact) mass is 278 g/mol. The fourth-order valence-corrected chi connectivity index (χ4v) is 2.81. The summed E-state index contributed by atoms with van der Waals surface area (Å²) in [4.78, 5) is 9.58. The Morgan fingerprint density at radius 3 is 2.67 bits per heavy atom. The maximum Gasteiger partial charge on any atom is 0.141 e. The number of hydrogen-bond donors (Lipinski definition) is 0. The number of halogens is 2. The van der Waals surface area contributed by atoms with Crippen LogP contribution in [0.25, 0.3) is 10.2 Å². The van der Waals surface area contributed by atoms with Crippen molar-refractivity contribution in [1.82, 2.24) is 9.97 Å². The molecule has 0 unspecified atom stereocenters. The van der Waals surface area contributed by atoms with Gasteiger partial charge < -0.3 is 0 Å². The Hall–Kier alpha value is -1.52. The van der Waals surface area contributed by atoms with Gasteiger partial charge in [-0.2, -0.15) is 0 Å². The van der Waals surface area contributed by atoms with Crippen LogP contribution >= 0.6 is 22.9 Å². The molecule has 0 atom stereocenters. The minimum absolute atomic E-state index is 0.244. The third-order valence-corrected chi connectivity index (χ3v) is 3.70. The predicted octanol–water partition coefficient (Wildman–Crippen LogP) is 4.07. The van der Waals surface area contributed by atoms with E-state index in [0.717, 1.165) is 15.8 Å². The number of nitrogens with zero attached hydrogens (tertiary/aromatic N) is 2. The summed E-state index contributed by atoms with van der Waals surface area (Å²) < 4.78 is 12.8. The van der Waals surface area contributed by atoms with E-state index in [0.29, 0.717) is 17.4 Å². The van der Waals surface area contributed by atoms with Gasteiger partial charge in [-0.15, -0.1) is 11.3 Å². The highest BCUT2D eigenvalue weighted by molar-refractivity contribution is 7.16. The van der Waals surface area contributed by atoms with Crippen molar-refractivity contribution < 1.29 is 4.39 Å². The molecule has 0 fully saturated rings. The smallest absolute Gasteiger partial charge is 0.141 e. The first-order valence-electron chi connectivity index (χ1n) is 5.36. The molecule has 90 valence electrons. The fourth-order valence-electron chi connectivity index (χ4n) is 1.72. The Labute approximate surface area is 112 Å². The van der Waals surface area contributed by atoms with Gasteiger partial charge in [-0.25, -0.2) is 14.4 Å². The molecular weight excluding hydrogens is 271 g/mol. The van der Waals surface area contributed by atoms with Crippen LogP contribution < -0.4 is 0 Å². The number of aromatic nitrogens is 2. The number of benzene rings is 1. The van der Waals surface area contributed by atoms with E-state index in [1.165, 1.54) is 23.5 Å². The Morgan fingerprint density at radius 2 is 1.89 bits per heavy atom. The molecule has 0 radical (unpaired) electrons. The lowest BCUT2D eigenvalue weighted by atomic mass is 10.1. The van der Waals surface area contributed by atoms with Gasteiger partial charge in [-0.3, -0.25) is 0 Å². The molecule has 1 aromatic carbocycles. The summed E-state index contributed by atoms with van der Waals surface area (Å²) >= 11 is 7.62. The van der Waals surface area contributed by atoms with E-state index in [-0.39, 0.29) is 5.82 Å². The third-order valence-electron chi connectivity index (χ3n) is 2.60. The minimum atomic E-state index is -0.244. The first-order chi connectivity index (χ1) is 8.72. The maximum absolute atomic E-state index is 12.8. The summed E-state index contributed by atoms with van der Waals surface area (Å²) in [5.74, 6) is 0.410. The van der Waals surface area contributed by atoms with Gasteiger partial charge in [0.1, 0.15) is 21.6 Å². The molecule has 18 heavy (non-hydrogen) atoms. The van der Waals surface area contributed by atoms with Crippen LogP contribution in [0.2, 0.25) is 5.15 Å². The van der Waals surface area contributed by atoms with Crippen molar-refractivity contribution in [2.45, 2.75) is 6.42 Å².